The van der Waals surface area contributed by atoms with Crippen LogP contribution in [0, 0.1) is 3.57 Å². The summed E-state index contributed by atoms with van der Waals surface area (Å²) in [5.74, 6) is -0.0385. The minimum Gasteiger partial charge on any atom is -0.495 e. The molecule has 0 aliphatic heterocycles. The Morgan fingerprint density at radius 3 is 2.35 bits per heavy atom. The lowest BCUT2D eigenvalue weighted by Crippen LogP contribution is -2.45. The number of rotatable bonds is 6. The van der Waals surface area contributed by atoms with Gasteiger partial charge in [0, 0.05) is 9.26 Å². The molecule has 0 saturated carbocycles. The van der Waals surface area contributed by atoms with E-state index >= 15 is 0 Å². The molecule has 9 heteroatoms. The third-order valence-corrected chi connectivity index (χ3v) is 5.85. The molecule has 0 bridgehead atoms. The summed E-state index contributed by atoms with van der Waals surface area (Å²) in [6.07, 6.45) is 1.04. The molecule has 1 N–H and O–H groups in total. The molecule has 1 atom stereocenters. The number of anilines is 2. The van der Waals surface area contributed by atoms with Gasteiger partial charge in [-0.25, -0.2) is 8.42 Å². The summed E-state index contributed by atoms with van der Waals surface area (Å²) < 4.78 is 31.8. The predicted octanol–water partition coefficient (Wildman–Crippen LogP) is 3.75. The van der Waals surface area contributed by atoms with Crippen LogP contribution in [0.5, 0.6) is 5.75 Å². The lowest BCUT2D eigenvalue weighted by atomic mass is 10.2. The fourth-order valence-corrected chi connectivity index (χ4v) is 4.16. The smallest absolute Gasteiger partial charge is 0.247 e. The number of nitrogens with zero attached hydrogens (tertiary/aromatic N) is 1. The SMILES string of the molecule is COc1ccc(N(C(C)C(=O)Nc2ccc(I)cc2)S(C)(=O)=O)cc1Cl. The van der Waals surface area contributed by atoms with Crippen molar-refractivity contribution >= 4 is 61.5 Å². The molecule has 26 heavy (non-hydrogen) atoms. The Kier molecular flexibility index (Phi) is 6.75. The second kappa shape index (κ2) is 8.45. The van der Waals surface area contributed by atoms with E-state index in [9.17, 15) is 13.2 Å². The highest BCUT2D eigenvalue weighted by atomic mass is 127. The van der Waals surface area contributed by atoms with Crippen molar-refractivity contribution in [2.24, 2.45) is 0 Å². The number of amides is 1. The maximum atomic E-state index is 12.6. The Balaban J connectivity index is 2.32. The van der Waals surface area contributed by atoms with Crippen molar-refractivity contribution in [3.63, 3.8) is 0 Å². The number of nitrogens with one attached hydrogen (secondary N) is 1. The molecule has 0 saturated heterocycles. The Morgan fingerprint density at radius 1 is 1.23 bits per heavy atom. The minimum absolute atomic E-state index is 0.254. The maximum Gasteiger partial charge on any atom is 0.247 e. The quantitative estimate of drug-likeness (QED) is 0.603. The largest absolute Gasteiger partial charge is 0.495 e. The van der Waals surface area contributed by atoms with Gasteiger partial charge in [0.1, 0.15) is 11.8 Å². The first-order chi connectivity index (χ1) is 12.1. The lowest BCUT2D eigenvalue weighted by Gasteiger charge is -2.28. The third-order valence-electron chi connectivity index (χ3n) is 3.59. The Hall–Kier alpha value is -1.52. The van der Waals surface area contributed by atoms with E-state index < -0.39 is 22.0 Å². The summed E-state index contributed by atoms with van der Waals surface area (Å²) in [5.41, 5.74) is 0.868. The molecular weight excluding hydrogens is 491 g/mol. The molecule has 0 heterocycles. The van der Waals surface area contributed by atoms with Crippen LogP contribution in [0.15, 0.2) is 42.5 Å². The third kappa shape index (κ3) is 5.01. The van der Waals surface area contributed by atoms with Crippen LogP contribution in [-0.2, 0) is 14.8 Å². The highest BCUT2D eigenvalue weighted by molar-refractivity contribution is 14.1. The molecule has 6 nitrogen and oxygen atoms in total. The van der Waals surface area contributed by atoms with Crippen molar-refractivity contribution in [1.82, 2.24) is 0 Å². The van der Waals surface area contributed by atoms with Gasteiger partial charge in [-0.05, 0) is 72.0 Å². The van der Waals surface area contributed by atoms with Gasteiger partial charge in [-0.2, -0.15) is 0 Å². The lowest BCUT2D eigenvalue weighted by molar-refractivity contribution is -0.116. The van der Waals surface area contributed by atoms with Crippen molar-refractivity contribution in [2.75, 3.05) is 23.0 Å². The second-order valence-corrected chi connectivity index (χ2v) is 9.06. The first-order valence-corrected chi connectivity index (χ1v) is 10.8. The molecular formula is C17H18ClIN2O4S. The number of carbonyl (C=O) groups is 1. The summed E-state index contributed by atoms with van der Waals surface area (Å²) in [7, 11) is -2.26. The molecule has 140 valence electrons. The van der Waals surface area contributed by atoms with Crippen molar-refractivity contribution in [3.8, 4) is 5.75 Å². The minimum atomic E-state index is -3.73. The molecule has 0 aromatic heterocycles. The molecule has 1 amide bonds. The average Bonchev–Trinajstić information content (AvgIpc) is 2.56. The van der Waals surface area contributed by atoms with Crippen LogP contribution in [0.2, 0.25) is 5.02 Å². The van der Waals surface area contributed by atoms with E-state index in [0.717, 1.165) is 14.1 Å². The molecule has 1 unspecified atom stereocenters. The number of sulfonamides is 1. The van der Waals surface area contributed by atoms with Crippen molar-refractivity contribution in [1.29, 1.82) is 0 Å². The van der Waals surface area contributed by atoms with E-state index in [1.165, 1.54) is 20.1 Å². The van der Waals surface area contributed by atoms with Gasteiger partial charge in [-0.15, -0.1) is 0 Å². The van der Waals surface area contributed by atoms with E-state index in [1.54, 1.807) is 24.3 Å². The zero-order chi connectivity index (χ0) is 19.5. The predicted molar refractivity (Wildman–Crippen MR) is 113 cm³/mol. The highest BCUT2D eigenvalue weighted by Crippen LogP contribution is 2.31. The number of hydrogen-bond donors (Lipinski definition) is 1. The molecule has 2 rings (SSSR count). The van der Waals surface area contributed by atoms with E-state index in [0.29, 0.717) is 11.4 Å². The fraction of sp³-hybridized carbons (Fsp3) is 0.235. The first kappa shape index (κ1) is 20.8. The van der Waals surface area contributed by atoms with Crippen LogP contribution in [-0.4, -0.2) is 33.7 Å². The number of methoxy groups -OCH3 is 1. The highest BCUT2D eigenvalue weighted by Gasteiger charge is 2.29. The number of hydrogen-bond acceptors (Lipinski definition) is 4. The summed E-state index contributed by atoms with van der Waals surface area (Å²) in [6.45, 7) is 1.52. The summed E-state index contributed by atoms with van der Waals surface area (Å²) >= 11 is 8.26. The maximum absolute atomic E-state index is 12.6. The van der Waals surface area contributed by atoms with E-state index in [-0.39, 0.29) is 10.7 Å². The fourth-order valence-electron chi connectivity index (χ4n) is 2.38. The Bertz CT molecular complexity index is 903. The molecule has 2 aromatic rings. The zero-order valence-corrected chi connectivity index (χ0v) is 18.1. The van der Waals surface area contributed by atoms with Gasteiger partial charge in [0.05, 0.1) is 24.1 Å². The van der Waals surface area contributed by atoms with Gasteiger partial charge in [-0.1, -0.05) is 11.6 Å². The van der Waals surface area contributed by atoms with Gasteiger partial charge >= 0.3 is 0 Å². The van der Waals surface area contributed by atoms with E-state index in [2.05, 4.69) is 27.9 Å². The molecule has 0 aliphatic rings. The van der Waals surface area contributed by atoms with Gasteiger partial charge in [-0.3, -0.25) is 9.10 Å². The number of benzene rings is 2. The molecule has 2 aromatic carbocycles. The summed E-state index contributed by atoms with van der Waals surface area (Å²) in [5, 5.41) is 2.98. The van der Waals surface area contributed by atoms with Crippen LogP contribution in [0.3, 0.4) is 0 Å². The van der Waals surface area contributed by atoms with E-state index in [4.69, 9.17) is 16.3 Å². The van der Waals surface area contributed by atoms with Gasteiger partial charge in [0.15, 0.2) is 0 Å². The van der Waals surface area contributed by atoms with Crippen molar-refractivity contribution in [3.05, 3.63) is 51.1 Å². The van der Waals surface area contributed by atoms with Crippen LogP contribution in [0.25, 0.3) is 0 Å². The van der Waals surface area contributed by atoms with Crippen LogP contribution in [0.1, 0.15) is 6.92 Å². The number of halogens is 2. The normalized spacial score (nSPS) is 12.3. The van der Waals surface area contributed by atoms with Gasteiger partial charge in [0.25, 0.3) is 0 Å². The Morgan fingerprint density at radius 2 is 1.85 bits per heavy atom. The van der Waals surface area contributed by atoms with Crippen molar-refractivity contribution < 1.29 is 17.9 Å². The van der Waals surface area contributed by atoms with Crippen molar-refractivity contribution in [2.45, 2.75) is 13.0 Å². The van der Waals surface area contributed by atoms with Crippen LogP contribution >= 0.6 is 34.2 Å². The molecule has 0 radical (unpaired) electrons. The van der Waals surface area contributed by atoms with Crippen LogP contribution in [0.4, 0.5) is 11.4 Å². The topological polar surface area (TPSA) is 75.7 Å². The number of ether oxygens (including phenoxy) is 1. The number of carbonyl (C=O) groups excluding carboxylic acids is 1. The first-order valence-electron chi connectivity index (χ1n) is 7.53. The van der Waals surface area contributed by atoms with Crippen LogP contribution < -0.4 is 14.4 Å². The average molecular weight is 509 g/mol. The molecule has 0 fully saturated rings. The van der Waals surface area contributed by atoms with Gasteiger partial charge in [0.2, 0.25) is 15.9 Å². The second-order valence-electron chi connectivity index (χ2n) is 5.55. The summed E-state index contributed by atoms with van der Waals surface area (Å²) in [4.78, 5) is 12.6. The zero-order valence-electron chi connectivity index (χ0n) is 14.4. The van der Waals surface area contributed by atoms with Gasteiger partial charge < -0.3 is 10.1 Å². The Labute approximate surface area is 171 Å². The molecule has 0 aliphatic carbocycles. The van der Waals surface area contributed by atoms with E-state index in [1.807, 2.05) is 12.1 Å². The standard InChI is InChI=1S/C17H18ClIN2O4S/c1-11(17(22)20-13-6-4-12(19)5-7-13)21(26(3,23)24)14-8-9-16(25-2)15(18)10-14/h4-11H,1-3H3,(H,20,22). The monoisotopic (exact) mass is 508 g/mol. The summed E-state index contributed by atoms with van der Waals surface area (Å²) in [6, 6.07) is 10.8. The molecule has 0 spiro atoms.